The molecule has 1 aromatic carbocycles. The number of hydrogen-bond acceptors (Lipinski definition) is 4. The van der Waals surface area contributed by atoms with Gasteiger partial charge in [-0.25, -0.2) is 4.79 Å². The van der Waals surface area contributed by atoms with E-state index in [1.807, 2.05) is 30.3 Å². The van der Waals surface area contributed by atoms with Crippen LogP contribution in [-0.4, -0.2) is 71.9 Å². The van der Waals surface area contributed by atoms with Crippen molar-refractivity contribution in [3.8, 4) is 0 Å². The molecule has 0 aromatic heterocycles. The molecule has 1 aromatic rings. The lowest BCUT2D eigenvalue weighted by Crippen LogP contribution is -2.65. The van der Waals surface area contributed by atoms with Gasteiger partial charge >= 0.3 is 6.09 Å². The van der Waals surface area contributed by atoms with Gasteiger partial charge in [0.15, 0.2) is 0 Å². The van der Waals surface area contributed by atoms with Crippen LogP contribution in [0.4, 0.5) is 4.79 Å². The number of likely N-dealkylation sites (N-methyl/N-ethyl adjacent to an activating group) is 1. The first kappa shape index (κ1) is 20.2. The van der Waals surface area contributed by atoms with Gasteiger partial charge in [-0.1, -0.05) is 30.3 Å². The second kappa shape index (κ2) is 8.63. The van der Waals surface area contributed by atoms with Crippen molar-refractivity contribution in [1.29, 1.82) is 0 Å². The highest BCUT2D eigenvalue weighted by atomic mass is 16.6. The Kier molecular flexibility index (Phi) is 6.21. The van der Waals surface area contributed by atoms with Gasteiger partial charge in [0.2, 0.25) is 11.8 Å². The van der Waals surface area contributed by atoms with Crippen LogP contribution in [0.2, 0.25) is 0 Å². The van der Waals surface area contributed by atoms with Crippen molar-refractivity contribution in [1.82, 2.24) is 14.7 Å². The van der Waals surface area contributed by atoms with Gasteiger partial charge in [0.1, 0.15) is 12.1 Å². The molecule has 28 heavy (non-hydrogen) atoms. The molecule has 0 unspecified atom stereocenters. The molecule has 2 aliphatic heterocycles. The average molecular weight is 387 g/mol. The number of hydrogen-bond donors (Lipinski definition) is 0. The number of amides is 3. The van der Waals surface area contributed by atoms with Crippen molar-refractivity contribution in [2.24, 2.45) is 0 Å². The summed E-state index contributed by atoms with van der Waals surface area (Å²) in [6.45, 7) is 1.63. The number of ether oxygens (including phenoxy) is 1. The number of carbonyl (C=O) groups excluding carboxylic acids is 3. The fraction of sp³-hybridized carbons (Fsp3) is 0.571. The summed E-state index contributed by atoms with van der Waals surface area (Å²) in [7, 11) is 3.44. The molecule has 0 atom stereocenters. The topological polar surface area (TPSA) is 70.2 Å². The predicted molar refractivity (Wildman–Crippen MR) is 104 cm³/mol. The summed E-state index contributed by atoms with van der Waals surface area (Å²) in [5, 5.41) is 0. The minimum atomic E-state index is -0.850. The van der Waals surface area contributed by atoms with E-state index >= 15 is 0 Å². The molecule has 2 aliphatic rings. The summed E-state index contributed by atoms with van der Waals surface area (Å²) in [5.41, 5.74) is 0.0842. The van der Waals surface area contributed by atoms with Crippen LogP contribution in [-0.2, 0) is 20.9 Å². The van der Waals surface area contributed by atoms with E-state index < -0.39 is 5.54 Å². The van der Waals surface area contributed by atoms with Crippen LogP contribution >= 0.6 is 0 Å². The Morgan fingerprint density at radius 2 is 1.75 bits per heavy atom. The highest BCUT2D eigenvalue weighted by Crippen LogP contribution is 2.34. The van der Waals surface area contributed by atoms with Crippen molar-refractivity contribution >= 4 is 17.9 Å². The molecule has 0 bridgehead atoms. The molecule has 0 spiro atoms. The second-order valence-electron chi connectivity index (χ2n) is 7.76. The molecule has 7 heteroatoms. The monoisotopic (exact) mass is 387 g/mol. The van der Waals surface area contributed by atoms with E-state index in [1.54, 1.807) is 28.8 Å². The number of nitrogens with zero attached hydrogens (tertiary/aromatic N) is 3. The Bertz CT molecular complexity index is 712. The van der Waals surface area contributed by atoms with Gasteiger partial charge in [-0.2, -0.15) is 0 Å². The van der Waals surface area contributed by atoms with Gasteiger partial charge in [0.05, 0.1) is 0 Å². The van der Waals surface area contributed by atoms with Crippen LogP contribution < -0.4 is 0 Å². The minimum Gasteiger partial charge on any atom is -0.445 e. The zero-order valence-electron chi connectivity index (χ0n) is 16.7. The Balaban J connectivity index is 1.66. The third-order valence-corrected chi connectivity index (χ3v) is 5.70. The lowest BCUT2D eigenvalue weighted by Gasteiger charge is -2.49. The molecule has 2 saturated heterocycles. The molecular weight excluding hydrogens is 358 g/mol. The number of rotatable bonds is 4. The first-order valence-corrected chi connectivity index (χ1v) is 9.92. The second-order valence-corrected chi connectivity index (χ2v) is 7.76. The Labute approximate surface area is 166 Å². The van der Waals surface area contributed by atoms with Crippen LogP contribution in [0.3, 0.4) is 0 Å². The largest absolute Gasteiger partial charge is 0.445 e. The lowest BCUT2D eigenvalue weighted by atomic mass is 9.82. The molecule has 0 aliphatic carbocycles. The number of piperidine rings is 2. The molecule has 3 amide bonds. The van der Waals surface area contributed by atoms with Crippen molar-refractivity contribution < 1.29 is 19.1 Å². The van der Waals surface area contributed by atoms with Gasteiger partial charge in [-0.3, -0.25) is 9.59 Å². The first-order valence-electron chi connectivity index (χ1n) is 9.92. The average Bonchev–Trinajstić information content (AvgIpc) is 2.72. The zero-order valence-corrected chi connectivity index (χ0v) is 16.7. The molecule has 152 valence electrons. The van der Waals surface area contributed by atoms with Gasteiger partial charge in [-0.05, 0) is 31.2 Å². The Morgan fingerprint density at radius 1 is 1.07 bits per heavy atom. The predicted octanol–water partition coefficient (Wildman–Crippen LogP) is 2.26. The van der Waals surface area contributed by atoms with E-state index in [0.717, 1.165) is 18.4 Å². The van der Waals surface area contributed by atoms with Crippen molar-refractivity contribution in [2.75, 3.05) is 33.7 Å². The van der Waals surface area contributed by atoms with E-state index in [0.29, 0.717) is 38.9 Å². The Morgan fingerprint density at radius 3 is 2.36 bits per heavy atom. The fourth-order valence-corrected chi connectivity index (χ4v) is 4.14. The van der Waals surface area contributed by atoms with Crippen LogP contribution in [0.15, 0.2) is 30.3 Å². The highest BCUT2D eigenvalue weighted by molar-refractivity contribution is 5.92. The maximum atomic E-state index is 13.0. The quantitative estimate of drug-likeness (QED) is 0.795. The summed E-state index contributed by atoms with van der Waals surface area (Å²) in [4.78, 5) is 43.0. The van der Waals surface area contributed by atoms with E-state index in [4.69, 9.17) is 4.74 Å². The third kappa shape index (κ3) is 4.13. The van der Waals surface area contributed by atoms with Gasteiger partial charge in [0, 0.05) is 40.2 Å². The van der Waals surface area contributed by atoms with Crippen LogP contribution in [0.5, 0.6) is 0 Å². The molecule has 7 nitrogen and oxygen atoms in total. The number of carbonyl (C=O) groups is 3. The fourth-order valence-electron chi connectivity index (χ4n) is 4.14. The lowest BCUT2D eigenvalue weighted by molar-refractivity contribution is -0.158. The first-order chi connectivity index (χ1) is 13.4. The van der Waals surface area contributed by atoms with E-state index in [-0.39, 0.29) is 24.5 Å². The van der Waals surface area contributed by atoms with Gasteiger partial charge in [0.25, 0.3) is 0 Å². The zero-order chi connectivity index (χ0) is 20.1. The maximum absolute atomic E-state index is 13.0. The smallest absolute Gasteiger partial charge is 0.410 e. The van der Waals surface area contributed by atoms with Crippen molar-refractivity contribution in [3.63, 3.8) is 0 Å². The Hall–Kier alpha value is -2.57. The number of likely N-dealkylation sites (tertiary alicyclic amines) is 2. The molecule has 3 rings (SSSR count). The van der Waals surface area contributed by atoms with E-state index in [1.165, 1.54) is 0 Å². The van der Waals surface area contributed by atoms with Gasteiger partial charge in [-0.15, -0.1) is 0 Å². The van der Waals surface area contributed by atoms with Crippen LogP contribution in [0.25, 0.3) is 0 Å². The van der Waals surface area contributed by atoms with E-state index in [9.17, 15) is 14.4 Å². The maximum Gasteiger partial charge on any atom is 0.410 e. The molecular formula is C21H29N3O4. The highest BCUT2D eigenvalue weighted by Gasteiger charge is 2.50. The van der Waals surface area contributed by atoms with Crippen molar-refractivity contribution in [3.05, 3.63) is 35.9 Å². The van der Waals surface area contributed by atoms with Crippen molar-refractivity contribution in [2.45, 2.75) is 44.2 Å². The summed E-state index contributed by atoms with van der Waals surface area (Å²) in [6.07, 6.45) is 2.79. The van der Waals surface area contributed by atoms with Crippen LogP contribution in [0, 0.1) is 0 Å². The standard InChI is InChI=1S/C21H29N3O4/c1-22(2)19(26)21(24-13-7-6-10-18(24)25)11-14-23(15-12-21)20(27)28-16-17-8-4-3-5-9-17/h3-5,8-9H,6-7,10-16H2,1-2H3. The summed E-state index contributed by atoms with van der Waals surface area (Å²) < 4.78 is 5.42. The normalized spacial score (nSPS) is 19.3. The third-order valence-electron chi connectivity index (χ3n) is 5.70. The summed E-state index contributed by atoms with van der Waals surface area (Å²) in [6, 6.07) is 9.54. The van der Waals surface area contributed by atoms with Crippen LogP contribution in [0.1, 0.15) is 37.7 Å². The molecule has 0 saturated carbocycles. The number of benzene rings is 1. The summed E-state index contributed by atoms with van der Waals surface area (Å²) in [5.74, 6) is -0.0124. The molecule has 2 fully saturated rings. The SMILES string of the molecule is CN(C)C(=O)C1(N2CCCCC2=O)CCN(C(=O)OCc2ccccc2)CC1. The van der Waals surface area contributed by atoms with Gasteiger partial charge < -0.3 is 19.4 Å². The molecule has 0 radical (unpaired) electrons. The molecule has 0 N–H and O–H groups in total. The summed E-state index contributed by atoms with van der Waals surface area (Å²) >= 11 is 0. The minimum absolute atomic E-state index is 0.0431. The van der Waals surface area contributed by atoms with E-state index in [2.05, 4.69) is 0 Å². The molecule has 2 heterocycles.